The molecule has 0 saturated carbocycles. The van der Waals surface area contributed by atoms with Gasteiger partial charge in [-0.3, -0.25) is 4.79 Å². The summed E-state index contributed by atoms with van der Waals surface area (Å²) in [6.45, 7) is 6.39. The van der Waals surface area contributed by atoms with Crippen LogP contribution in [0.4, 0.5) is 5.13 Å². The molecule has 0 aliphatic carbocycles. The summed E-state index contributed by atoms with van der Waals surface area (Å²) < 4.78 is 6.68. The second-order valence-corrected chi connectivity index (χ2v) is 7.94. The topological polar surface area (TPSA) is 58.4 Å². The van der Waals surface area contributed by atoms with E-state index in [1.807, 2.05) is 19.9 Å². The van der Waals surface area contributed by atoms with E-state index in [1.165, 1.54) is 4.70 Å². The second kappa shape index (κ2) is 7.11. The molecule has 4 rings (SSSR count). The third-order valence-corrected chi connectivity index (χ3v) is 6.10. The number of anilines is 1. The van der Waals surface area contributed by atoms with Crippen molar-refractivity contribution in [3.8, 4) is 0 Å². The van der Waals surface area contributed by atoms with Crippen LogP contribution in [-0.2, 0) is 0 Å². The average Bonchev–Trinajstić information content (AvgIpc) is 3.22. The maximum Gasteiger partial charge on any atom is 0.254 e. The van der Waals surface area contributed by atoms with Gasteiger partial charge >= 0.3 is 0 Å². The van der Waals surface area contributed by atoms with Gasteiger partial charge in [0.1, 0.15) is 11.5 Å². The van der Waals surface area contributed by atoms with E-state index >= 15 is 0 Å². The predicted octanol–water partition coefficient (Wildman–Crippen LogP) is 4.15. The van der Waals surface area contributed by atoms with Gasteiger partial charge < -0.3 is 14.6 Å². The number of carbonyl (C=O) groups excluding carboxylic acids is 1. The number of nitrogens with one attached hydrogen (secondary N) is 1. The number of thiazole rings is 1. The minimum Gasteiger partial charge on any atom is -0.466 e. The molecule has 0 bridgehead atoms. The van der Waals surface area contributed by atoms with Gasteiger partial charge in [-0.15, -0.1) is 0 Å². The van der Waals surface area contributed by atoms with Crippen LogP contribution in [0.3, 0.4) is 0 Å². The molecule has 26 heavy (non-hydrogen) atoms. The highest BCUT2D eigenvalue weighted by atomic mass is 32.1. The summed E-state index contributed by atoms with van der Waals surface area (Å²) in [5, 5.41) is 4.18. The zero-order chi connectivity index (χ0) is 18.1. The number of hydrogen-bond donors (Lipinski definition) is 1. The quantitative estimate of drug-likeness (QED) is 0.750. The Balaban J connectivity index is 1.31. The van der Waals surface area contributed by atoms with Crippen molar-refractivity contribution in [3.05, 3.63) is 47.4 Å². The van der Waals surface area contributed by atoms with Gasteiger partial charge in [0, 0.05) is 19.6 Å². The molecule has 1 amide bonds. The van der Waals surface area contributed by atoms with E-state index in [0.717, 1.165) is 48.9 Å². The molecule has 0 atom stereocenters. The van der Waals surface area contributed by atoms with Crippen LogP contribution in [0.1, 0.15) is 34.7 Å². The maximum absolute atomic E-state index is 12.3. The van der Waals surface area contributed by atoms with E-state index in [4.69, 9.17) is 9.40 Å². The lowest BCUT2D eigenvalue weighted by molar-refractivity contribution is 0.0943. The number of hydrogen-bond acceptors (Lipinski definition) is 5. The zero-order valence-electron chi connectivity index (χ0n) is 15.1. The molecule has 0 radical (unpaired) electrons. The number of benzene rings is 1. The van der Waals surface area contributed by atoms with E-state index in [0.29, 0.717) is 17.2 Å². The summed E-state index contributed by atoms with van der Waals surface area (Å²) in [4.78, 5) is 19.4. The van der Waals surface area contributed by atoms with Gasteiger partial charge in [0.05, 0.1) is 15.8 Å². The van der Waals surface area contributed by atoms with Crippen LogP contribution in [0, 0.1) is 19.8 Å². The SMILES string of the molecule is Cc1cc(C(=O)NCC2CCN(c3nc4ccccc4s3)CC2)c(C)o1. The molecule has 0 unspecified atom stereocenters. The Morgan fingerprint density at radius 1 is 1.31 bits per heavy atom. The fourth-order valence-electron chi connectivity index (χ4n) is 3.51. The number of rotatable bonds is 4. The highest BCUT2D eigenvalue weighted by molar-refractivity contribution is 7.22. The predicted molar refractivity (Wildman–Crippen MR) is 105 cm³/mol. The lowest BCUT2D eigenvalue weighted by Gasteiger charge is -2.31. The number of aromatic nitrogens is 1. The molecule has 6 heteroatoms. The number of aryl methyl sites for hydroxylation is 2. The molecule has 3 heterocycles. The summed E-state index contributed by atoms with van der Waals surface area (Å²) in [7, 11) is 0. The van der Waals surface area contributed by atoms with Crippen molar-refractivity contribution in [1.29, 1.82) is 0 Å². The Hall–Kier alpha value is -2.34. The summed E-state index contributed by atoms with van der Waals surface area (Å²) in [6.07, 6.45) is 2.14. The fraction of sp³-hybridized carbons (Fsp3) is 0.400. The smallest absolute Gasteiger partial charge is 0.254 e. The Kier molecular flexibility index (Phi) is 4.68. The van der Waals surface area contributed by atoms with E-state index in [2.05, 4.69) is 28.4 Å². The van der Waals surface area contributed by atoms with Gasteiger partial charge in [0.2, 0.25) is 0 Å². The van der Waals surface area contributed by atoms with Crippen molar-refractivity contribution in [3.63, 3.8) is 0 Å². The number of fused-ring (bicyclic) bond motifs is 1. The molecule has 136 valence electrons. The Bertz CT molecular complexity index is 889. The lowest BCUT2D eigenvalue weighted by Crippen LogP contribution is -2.38. The third kappa shape index (κ3) is 3.46. The van der Waals surface area contributed by atoms with Crippen LogP contribution >= 0.6 is 11.3 Å². The summed E-state index contributed by atoms with van der Waals surface area (Å²) in [5.74, 6) is 1.94. The molecule has 1 aliphatic heterocycles. The maximum atomic E-state index is 12.3. The van der Waals surface area contributed by atoms with Crippen LogP contribution in [0.2, 0.25) is 0 Å². The first kappa shape index (κ1) is 17.1. The third-order valence-electron chi connectivity index (χ3n) is 5.00. The molecule has 2 aromatic heterocycles. The van der Waals surface area contributed by atoms with Gasteiger partial charge in [0.15, 0.2) is 5.13 Å². The number of para-hydroxylation sites is 1. The van der Waals surface area contributed by atoms with E-state index in [9.17, 15) is 4.79 Å². The molecule has 1 N–H and O–H groups in total. The molecule has 1 fully saturated rings. The van der Waals surface area contributed by atoms with Crippen molar-refractivity contribution in [1.82, 2.24) is 10.3 Å². The summed E-state index contributed by atoms with van der Waals surface area (Å²) in [6, 6.07) is 10.1. The summed E-state index contributed by atoms with van der Waals surface area (Å²) >= 11 is 1.76. The summed E-state index contributed by atoms with van der Waals surface area (Å²) in [5.41, 5.74) is 1.72. The molecule has 1 saturated heterocycles. The number of furan rings is 1. The fourth-order valence-corrected chi connectivity index (χ4v) is 4.53. The van der Waals surface area contributed by atoms with Gasteiger partial charge in [0.25, 0.3) is 5.91 Å². The molecular formula is C20H23N3O2S. The van der Waals surface area contributed by atoms with Crippen molar-refractivity contribution < 1.29 is 9.21 Å². The highest BCUT2D eigenvalue weighted by Crippen LogP contribution is 2.31. The van der Waals surface area contributed by atoms with E-state index in [1.54, 1.807) is 17.4 Å². The number of piperidine rings is 1. The highest BCUT2D eigenvalue weighted by Gasteiger charge is 2.22. The standard InChI is InChI=1S/C20H23N3O2S/c1-13-11-16(14(2)25-13)19(24)21-12-15-7-9-23(10-8-15)20-22-17-5-3-4-6-18(17)26-20/h3-6,11,15H,7-10,12H2,1-2H3,(H,21,24). The molecule has 1 aliphatic rings. The molecular weight excluding hydrogens is 346 g/mol. The number of nitrogens with zero attached hydrogens (tertiary/aromatic N) is 2. The first-order chi connectivity index (χ1) is 12.6. The number of amides is 1. The Morgan fingerprint density at radius 3 is 2.77 bits per heavy atom. The van der Waals surface area contributed by atoms with E-state index in [-0.39, 0.29) is 5.91 Å². The molecule has 0 spiro atoms. The first-order valence-electron chi connectivity index (χ1n) is 9.06. The van der Waals surface area contributed by atoms with Crippen molar-refractivity contribution in [2.45, 2.75) is 26.7 Å². The van der Waals surface area contributed by atoms with Gasteiger partial charge in [-0.2, -0.15) is 0 Å². The normalized spacial score (nSPS) is 15.5. The van der Waals surface area contributed by atoms with E-state index < -0.39 is 0 Å². The number of carbonyl (C=O) groups is 1. The molecule has 3 aromatic rings. The molecule has 1 aromatic carbocycles. The van der Waals surface area contributed by atoms with Crippen LogP contribution in [0.25, 0.3) is 10.2 Å². The minimum absolute atomic E-state index is 0.0343. The van der Waals surface area contributed by atoms with Crippen molar-refractivity contribution >= 4 is 32.6 Å². The monoisotopic (exact) mass is 369 g/mol. The van der Waals surface area contributed by atoms with Crippen molar-refractivity contribution in [2.75, 3.05) is 24.5 Å². The Morgan fingerprint density at radius 2 is 2.08 bits per heavy atom. The van der Waals surface area contributed by atoms with Crippen LogP contribution in [0.15, 0.2) is 34.7 Å². The minimum atomic E-state index is -0.0343. The average molecular weight is 369 g/mol. The van der Waals surface area contributed by atoms with Crippen LogP contribution in [0.5, 0.6) is 0 Å². The lowest BCUT2D eigenvalue weighted by atomic mass is 9.97. The van der Waals surface area contributed by atoms with Crippen molar-refractivity contribution in [2.24, 2.45) is 5.92 Å². The zero-order valence-corrected chi connectivity index (χ0v) is 15.9. The molecule has 5 nitrogen and oxygen atoms in total. The Labute approximate surface area is 157 Å². The van der Waals surface area contributed by atoms with Crippen LogP contribution < -0.4 is 10.2 Å². The van der Waals surface area contributed by atoms with Gasteiger partial charge in [-0.05, 0) is 50.8 Å². The largest absolute Gasteiger partial charge is 0.466 e. The first-order valence-corrected chi connectivity index (χ1v) is 9.87. The van der Waals surface area contributed by atoms with Gasteiger partial charge in [-0.25, -0.2) is 4.98 Å². The van der Waals surface area contributed by atoms with Crippen LogP contribution in [-0.4, -0.2) is 30.5 Å². The van der Waals surface area contributed by atoms with Gasteiger partial charge in [-0.1, -0.05) is 23.5 Å². The second-order valence-electron chi connectivity index (χ2n) is 6.93.